The van der Waals surface area contributed by atoms with Gasteiger partial charge in [-0.25, -0.2) is 31.5 Å². The number of nitrogens with zero attached hydrogens (tertiary/aromatic N) is 2. The van der Waals surface area contributed by atoms with Crippen LogP contribution in [0.25, 0.3) is 17.0 Å². The van der Waals surface area contributed by atoms with Gasteiger partial charge in [0.1, 0.15) is 17.0 Å². The predicted octanol–water partition coefficient (Wildman–Crippen LogP) is 3.93. The smallest absolute Gasteiger partial charge is 0.402 e. The van der Waals surface area contributed by atoms with E-state index in [-0.39, 0.29) is 23.9 Å². The number of aromatic amines is 1. The highest BCUT2D eigenvalue weighted by Gasteiger charge is 2.51. The van der Waals surface area contributed by atoms with Crippen molar-refractivity contribution in [1.29, 1.82) is 0 Å². The minimum absolute atomic E-state index is 0. The molecule has 2 heterocycles. The lowest BCUT2D eigenvalue weighted by Gasteiger charge is -2.21. The molecule has 0 bridgehead atoms. The molecular formula is C28H25ClF5N3O2S2. The lowest BCUT2D eigenvalue weighted by atomic mass is 9.80. The van der Waals surface area contributed by atoms with E-state index in [2.05, 4.69) is 4.98 Å². The summed E-state index contributed by atoms with van der Waals surface area (Å²) in [5.74, 6) is -8.69. The van der Waals surface area contributed by atoms with Crippen LogP contribution in [0.3, 0.4) is 0 Å². The van der Waals surface area contributed by atoms with E-state index < -0.39 is 44.8 Å². The maximum absolute atomic E-state index is 14.2. The van der Waals surface area contributed by atoms with Crippen molar-refractivity contribution in [2.75, 3.05) is 7.11 Å². The van der Waals surface area contributed by atoms with Crippen molar-refractivity contribution in [2.45, 2.75) is 56.1 Å². The molecule has 218 valence electrons. The van der Waals surface area contributed by atoms with Gasteiger partial charge < -0.3 is 17.1 Å². The second-order valence-corrected chi connectivity index (χ2v) is 12.9. The lowest BCUT2D eigenvalue weighted by Crippen LogP contribution is -3.00. The van der Waals surface area contributed by atoms with Gasteiger partial charge in [0.25, 0.3) is 0 Å². The van der Waals surface area contributed by atoms with Gasteiger partial charge in [0.2, 0.25) is 5.82 Å². The van der Waals surface area contributed by atoms with Crippen LogP contribution in [0.5, 0.6) is 5.75 Å². The van der Waals surface area contributed by atoms with Crippen molar-refractivity contribution in [3.05, 3.63) is 75.9 Å². The highest BCUT2D eigenvalue weighted by molar-refractivity contribution is 8.76. The third kappa shape index (κ3) is 4.77. The normalized spacial score (nSPS) is 15.2. The fraction of sp³-hybridized carbons (Fsp3) is 0.321. The number of fused-ring (bicyclic) bond motifs is 2. The van der Waals surface area contributed by atoms with Gasteiger partial charge in [-0.2, -0.15) is 0 Å². The fourth-order valence-corrected chi connectivity index (χ4v) is 7.57. The second-order valence-electron chi connectivity index (χ2n) is 10.6. The number of ether oxygens (including phenoxy) is 1. The number of imidazole rings is 1. The SMILES string of the molecule is COc1cc[n+](-c2nc3cc4c(cc3[nH]2)C(C)(C)C(=O)C4(C)C)c(CSSc2c(F)c(F)c(F)c(F)c2F)c1C.[Cl-]. The highest BCUT2D eigenvalue weighted by Crippen LogP contribution is 2.47. The van der Waals surface area contributed by atoms with Gasteiger partial charge in [-0.3, -0.25) is 4.79 Å². The van der Waals surface area contributed by atoms with Gasteiger partial charge >= 0.3 is 5.95 Å². The summed E-state index contributed by atoms with van der Waals surface area (Å²) in [6, 6.07) is 5.60. The standard InChI is InChI=1S/C28H25F5N3O2S2.ClH/c1-12-17(11-39-40-24-22(32)20(30)19(29)21(31)23(24)33)36(8-7-18(12)38-6)26-34-15-9-13-14(10-16(15)35-26)28(4,5)25(37)27(13,2)3;/h7-10H,11H2,1-6H3,(H,34,35);1H/q+1;/p-1. The Hall–Kier alpha value is -2.83. The van der Waals surface area contributed by atoms with Gasteiger partial charge in [0.05, 0.1) is 24.0 Å². The maximum atomic E-state index is 14.2. The van der Waals surface area contributed by atoms with Crippen LogP contribution in [0.4, 0.5) is 22.0 Å². The molecule has 1 aliphatic carbocycles. The van der Waals surface area contributed by atoms with E-state index in [1.807, 2.05) is 39.8 Å². The number of carbonyl (C=O) groups is 1. The van der Waals surface area contributed by atoms with Crippen molar-refractivity contribution in [3.63, 3.8) is 0 Å². The Labute approximate surface area is 247 Å². The number of ketones is 1. The first kappa shape index (κ1) is 31.1. The average molecular weight is 630 g/mol. The van der Waals surface area contributed by atoms with Crippen molar-refractivity contribution >= 4 is 38.4 Å². The van der Waals surface area contributed by atoms with Gasteiger partial charge in [-0.15, -0.1) is 0 Å². The number of Topliss-reactive ketones (excluding diaryl/α,β-unsaturated/α-hetero) is 1. The van der Waals surface area contributed by atoms with E-state index in [1.54, 1.807) is 23.8 Å². The summed E-state index contributed by atoms with van der Waals surface area (Å²) in [7, 11) is 2.86. The Morgan fingerprint density at radius 2 is 1.51 bits per heavy atom. The molecule has 1 N–H and O–H groups in total. The van der Waals surface area contributed by atoms with Crippen LogP contribution in [0.1, 0.15) is 50.1 Å². The summed E-state index contributed by atoms with van der Waals surface area (Å²) >= 11 is 0. The van der Waals surface area contributed by atoms with Crippen molar-refractivity contribution in [2.24, 2.45) is 0 Å². The summed E-state index contributed by atoms with van der Waals surface area (Å²) in [5.41, 5.74) is 3.22. The Kier molecular flexibility index (Phi) is 8.18. The molecule has 5 rings (SSSR count). The van der Waals surface area contributed by atoms with Crippen LogP contribution in [-0.4, -0.2) is 22.9 Å². The second kappa shape index (κ2) is 10.8. The Morgan fingerprint density at radius 3 is 2.10 bits per heavy atom. The summed E-state index contributed by atoms with van der Waals surface area (Å²) in [6.45, 7) is 9.42. The first-order chi connectivity index (χ1) is 18.7. The molecule has 0 saturated carbocycles. The third-order valence-corrected chi connectivity index (χ3v) is 9.76. The number of aromatic nitrogens is 3. The Bertz CT molecular complexity index is 1640. The number of benzene rings is 2. The molecule has 0 spiro atoms. The van der Waals surface area contributed by atoms with Crippen LogP contribution in [-0.2, 0) is 21.4 Å². The molecule has 0 amide bonds. The quantitative estimate of drug-likeness (QED) is 0.115. The van der Waals surface area contributed by atoms with E-state index in [0.717, 1.165) is 27.4 Å². The van der Waals surface area contributed by atoms with Crippen molar-refractivity contribution in [3.8, 4) is 11.7 Å². The number of nitrogens with one attached hydrogen (secondary N) is 1. The number of hydrogen-bond acceptors (Lipinski definition) is 5. The lowest BCUT2D eigenvalue weighted by molar-refractivity contribution is -0.610. The molecule has 1 aliphatic rings. The molecule has 0 saturated heterocycles. The van der Waals surface area contributed by atoms with E-state index in [0.29, 0.717) is 39.3 Å². The summed E-state index contributed by atoms with van der Waals surface area (Å²) in [6.07, 6.45) is 1.72. The average Bonchev–Trinajstić information content (AvgIpc) is 3.39. The molecule has 2 aromatic heterocycles. The number of rotatable bonds is 6. The molecule has 13 heteroatoms. The molecule has 0 fully saturated rings. The molecular weight excluding hydrogens is 605 g/mol. The van der Waals surface area contributed by atoms with E-state index in [1.165, 1.54) is 7.11 Å². The van der Waals surface area contributed by atoms with E-state index >= 15 is 0 Å². The van der Waals surface area contributed by atoms with Gasteiger partial charge in [0, 0.05) is 22.5 Å². The molecule has 2 aromatic carbocycles. The number of hydrogen-bond donors (Lipinski definition) is 1. The zero-order chi connectivity index (χ0) is 29.3. The molecule has 4 aromatic rings. The molecule has 0 atom stereocenters. The number of pyridine rings is 1. The highest BCUT2D eigenvalue weighted by atomic mass is 35.5. The predicted molar refractivity (Wildman–Crippen MR) is 143 cm³/mol. The van der Waals surface area contributed by atoms with E-state index in [4.69, 9.17) is 9.72 Å². The van der Waals surface area contributed by atoms with Crippen LogP contribution < -0.4 is 21.7 Å². The largest absolute Gasteiger partial charge is 1.00 e. The Balaban J connectivity index is 0.00000387. The van der Waals surface area contributed by atoms with Crippen LogP contribution in [0.2, 0.25) is 0 Å². The Morgan fingerprint density at radius 1 is 0.951 bits per heavy atom. The number of halogens is 6. The summed E-state index contributed by atoms with van der Waals surface area (Å²) in [4.78, 5) is 20.2. The third-order valence-electron chi connectivity index (χ3n) is 7.51. The maximum Gasteiger partial charge on any atom is 0.402 e. The minimum Gasteiger partial charge on any atom is -1.00 e. The van der Waals surface area contributed by atoms with Gasteiger partial charge in [0.15, 0.2) is 34.6 Å². The number of H-pyrrole nitrogens is 1. The van der Waals surface area contributed by atoms with Crippen molar-refractivity contribution in [1.82, 2.24) is 9.97 Å². The van der Waals surface area contributed by atoms with Crippen LogP contribution in [0, 0.1) is 36.0 Å². The first-order valence-electron chi connectivity index (χ1n) is 12.2. The zero-order valence-electron chi connectivity index (χ0n) is 22.8. The summed E-state index contributed by atoms with van der Waals surface area (Å²) < 4.78 is 76.4. The zero-order valence-corrected chi connectivity index (χ0v) is 25.2. The molecule has 0 aliphatic heterocycles. The summed E-state index contributed by atoms with van der Waals surface area (Å²) in [5, 5.41) is 0. The monoisotopic (exact) mass is 629 g/mol. The van der Waals surface area contributed by atoms with Gasteiger partial charge in [-0.05, 0) is 57.9 Å². The molecule has 41 heavy (non-hydrogen) atoms. The minimum atomic E-state index is -2.20. The van der Waals surface area contributed by atoms with Crippen molar-refractivity contribution < 1.29 is 48.5 Å². The molecule has 0 unspecified atom stereocenters. The first-order valence-corrected chi connectivity index (χ1v) is 14.5. The van der Waals surface area contributed by atoms with E-state index in [9.17, 15) is 26.7 Å². The van der Waals surface area contributed by atoms with Crippen LogP contribution in [0.15, 0.2) is 29.3 Å². The van der Waals surface area contributed by atoms with Gasteiger partial charge in [-0.1, -0.05) is 26.6 Å². The molecule has 5 nitrogen and oxygen atoms in total. The fourth-order valence-electron chi connectivity index (χ4n) is 5.30. The van der Waals surface area contributed by atoms with Crippen LogP contribution >= 0.6 is 21.6 Å². The number of methoxy groups -OCH3 is 1. The molecule has 0 radical (unpaired) electrons. The number of carbonyl (C=O) groups excluding carboxylic acids is 1. The topological polar surface area (TPSA) is 58.9 Å².